The summed E-state index contributed by atoms with van der Waals surface area (Å²) in [5.74, 6) is 0. The summed E-state index contributed by atoms with van der Waals surface area (Å²) in [5.41, 5.74) is 2.98. The van der Waals surface area contributed by atoms with Gasteiger partial charge in [0.2, 0.25) is 0 Å². The standard InChI is InChI=1S/C14H23N3/c1-4-14(3)11-17(8-7-16-14)10-13-5-6-15-9-12(13)2/h5-6,9,16H,4,7-8,10-11H2,1-3H3. The molecule has 1 unspecified atom stereocenters. The summed E-state index contributed by atoms with van der Waals surface area (Å²) in [5, 5.41) is 3.62. The number of hydrogen-bond donors (Lipinski definition) is 1. The molecule has 0 aliphatic carbocycles. The second kappa shape index (κ2) is 5.15. The highest BCUT2D eigenvalue weighted by atomic mass is 15.2. The van der Waals surface area contributed by atoms with Gasteiger partial charge in [0.25, 0.3) is 0 Å². The summed E-state index contributed by atoms with van der Waals surface area (Å²) < 4.78 is 0. The molecule has 1 aromatic rings. The van der Waals surface area contributed by atoms with Crippen LogP contribution in [0.5, 0.6) is 0 Å². The number of piperazine rings is 1. The van der Waals surface area contributed by atoms with E-state index in [0.29, 0.717) is 0 Å². The van der Waals surface area contributed by atoms with Crippen LogP contribution in [0.3, 0.4) is 0 Å². The first-order chi connectivity index (χ1) is 8.13. The van der Waals surface area contributed by atoms with Gasteiger partial charge in [0.1, 0.15) is 0 Å². The number of nitrogens with one attached hydrogen (secondary N) is 1. The van der Waals surface area contributed by atoms with Crippen LogP contribution in [-0.2, 0) is 6.54 Å². The monoisotopic (exact) mass is 233 g/mol. The predicted octanol–water partition coefficient (Wildman–Crippen LogP) is 1.96. The largest absolute Gasteiger partial charge is 0.309 e. The molecule has 0 bridgehead atoms. The third-order valence-corrected chi connectivity index (χ3v) is 3.86. The molecule has 1 aromatic heterocycles. The highest BCUT2D eigenvalue weighted by Crippen LogP contribution is 2.18. The molecule has 2 heterocycles. The van der Waals surface area contributed by atoms with E-state index in [-0.39, 0.29) is 5.54 Å². The van der Waals surface area contributed by atoms with Crippen molar-refractivity contribution in [1.29, 1.82) is 0 Å². The van der Waals surface area contributed by atoms with Crippen molar-refractivity contribution >= 4 is 0 Å². The van der Waals surface area contributed by atoms with Crippen LogP contribution in [-0.4, -0.2) is 35.1 Å². The molecule has 3 heteroatoms. The molecule has 1 aliphatic heterocycles. The summed E-state index contributed by atoms with van der Waals surface area (Å²) in [4.78, 5) is 6.70. The summed E-state index contributed by atoms with van der Waals surface area (Å²) in [6.45, 7) is 11.1. The topological polar surface area (TPSA) is 28.2 Å². The van der Waals surface area contributed by atoms with Crippen LogP contribution in [0.1, 0.15) is 31.4 Å². The Labute approximate surface area is 104 Å². The van der Waals surface area contributed by atoms with E-state index >= 15 is 0 Å². The summed E-state index contributed by atoms with van der Waals surface area (Å²) in [7, 11) is 0. The maximum atomic E-state index is 4.15. The Hall–Kier alpha value is -0.930. The van der Waals surface area contributed by atoms with Gasteiger partial charge in [-0.15, -0.1) is 0 Å². The highest BCUT2D eigenvalue weighted by Gasteiger charge is 2.28. The molecule has 3 nitrogen and oxygen atoms in total. The van der Waals surface area contributed by atoms with Crippen LogP contribution < -0.4 is 5.32 Å². The number of nitrogens with zero attached hydrogens (tertiary/aromatic N) is 2. The van der Waals surface area contributed by atoms with Gasteiger partial charge in [0.05, 0.1) is 0 Å². The molecule has 1 aliphatic rings. The van der Waals surface area contributed by atoms with Crippen molar-refractivity contribution in [3.05, 3.63) is 29.6 Å². The summed E-state index contributed by atoms with van der Waals surface area (Å²) in [6.07, 6.45) is 5.03. The maximum Gasteiger partial charge on any atom is 0.0300 e. The fraction of sp³-hybridized carbons (Fsp3) is 0.643. The first-order valence-corrected chi connectivity index (χ1v) is 6.50. The van der Waals surface area contributed by atoms with E-state index < -0.39 is 0 Å². The summed E-state index contributed by atoms with van der Waals surface area (Å²) >= 11 is 0. The first-order valence-electron chi connectivity index (χ1n) is 6.50. The molecule has 2 rings (SSSR count). The smallest absolute Gasteiger partial charge is 0.0300 e. The fourth-order valence-electron chi connectivity index (χ4n) is 2.44. The molecule has 0 radical (unpaired) electrons. The van der Waals surface area contributed by atoms with Gasteiger partial charge in [-0.2, -0.15) is 0 Å². The number of hydrogen-bond acceptors (Lipinski definition) is 3. The van der Waals surface area contributed by atoms with Crippen LogP contribution in [0.25, 0.3) is 0 Å². The fourth-order valence-corrected chi connectivity index (χ4v) is 2.44. The van der Waals surface area contributed by atoms with Gasteiger partial charge in [0, 0.05) is 44.1 Å². The second-order valence-electron chi connectivity index (χ2n) is 5.35. The van der Waals surface area contributed by atoms with Gasteiger partial charge < -0.3 is 5.32 Å². The van der Waals surface area contributed by atoms with Crippen molar-refractivity contribution in [2.24, 2.45) is 0 Å². The van der Waals surface area contributed by atoms with Crippen molar-refractivity contribution in [3.63, 3.8) is 0 Å². The zero-order valence-corrected chi connectivity index (χ0v) is 11.2. The minimum atomic E-state index is 0.277. The third kappa shape index (κ3) is 3.05. The lowest BCUT2D eigenvalue weighted by molar-refractivity contribution is 0.133. The molecule has 1 atom stereocenters. The Balaban J connectivity index is 2.02. The zero-order valence-electron chi connectivity index (χ0n) is 11.2. The van der Waals surface area contributed by atoms with E-state index in [1.807, 2.05) is 12.4 Å². The van der Waals surface area contributed by atoms with Crippen LogP contribution in [0.15, 0.2) is 18.5 Å². The normalized spacial score (nSPS) is 26.1. The molecular weight excluding hydrogens is 210 g/mol. The molecule has 1 saturated heterocycles. The lowest BCUT2D eigenvalue weighted by atomic mass is 9.95. The maximum absolute atomic E-state index is 4.15. The quantitative estimate of drug-likeness (QED) is 0.865. The van der Waals surface area contributed by atoms with E-state index in [2.05, 4.69) is 42.0 Å². The van der Waals surface area contributed by atoms with Gasteiger partial charge in [0.15, 0.2) is 0 Å². The van der Waals surface area contributed by atoms with Crippen molar-refractivity contribution in [2.75, 3.05) is 19.6 Å². The average molecular weight is 233 g/mol. The lowest BCUT2D eigenvalue weighted by Gasteiger charge is -2.41. The van der Waals surface area contributed by atoms with E-state index in [1.54, 1.807) is 0 Å². The minimum absolute atomic E-state index is 0.277. The van der Waals surface area contributed by atoms with Gasteiger partial charge in [-0.1, -0.05) is 6.92 Å². The first kappa shape index (κ1) is 12.5. The van der Waals surface area contributed by atoms with Crippen LogP contribution in [0.4, 0.5) is 0 Å². The van der Waals surface area contributed by atoms with E-state index in [1.165, 1.54) is 17.5 Å². The van der Waals surface area contributed by atoms with Crippen LogP contribution in [0.2, 0.25) is 0 Å². The van der Waals surface area contributed by atoms with E-state index in [9.17, 15) is 0 Å². The zero-order chi connectivity index (χ0) is 12.3. The van der Waals surface area contributed by atoms with Crippen molar-refractivity contribution in [1.82, 2.24) is 15.2 Å². The third-order valence-electron chi connectivity index (χ3n) is 3.86. The molecule has 17 heavy (non-hydrogen) atoms. The number of aryl methyl sites for hydroxylation is 1. The Morgan fingerprint density at radius 2 is 2.35 bits per heavy atom. The number of pyridine rings is 1. The molecule has 0 amide bonds. The van der Waals surface area contributed by atoms with E-state index in [4.69, 9.17) is 0 Å². The van der Waals surface area contributed by atoms with Crippen molar-refractivity contribution < 1.29 is 0 Å². The molecule has 0 saturated carbocycles. The molecule has 1 fully saturated rings. The Kier molecular flexibility index (Phi) is 3.79. The second-order valence-corrected chi connectivity index (χ2v) is 5.35. The van der Waals surface area contributed by atoms with Crippen molar-refractivity contribution in [2.45, 2.75) is 39.3 Å². The Bertz CT molecular complexity index is 377. The van der Waals surface area contributed by atoms with Gasteiger partial charge in [-0.25, -0.2) is 0 Å². The molecule has 0 spiro atoms. The van der Waals surface area contributed by atoms with Gasteiger partial charge >= 0.3 is 0 Å². The molecule has 0 aromatic carbocycles. The SMILES string of the molecule is CCC1(C)CN(Cc2ccncc2C)CCN1. The van der Waals surface area contributed by atoms with E-state index in [0.717, 1.165) is 26.2 Å². The molecule has 94 valence electrons. The van der Waals surface area contributed by atoms with Crippen LogP contribution in [0, 0.1) is 6.92 Å². The molecule has 1 N–H and O–H groups in total. The Morgan fingerprint density at radius 3 is 3.06 bits per heavy atom. The average Bonchev–Trinajstić information content (AvgIpc) is 2.32. The summed E-state index contributed by atoms with van der Waals surface area (Å²) in [6, 6.07) is 2.14. The number of aromatic nitrogens is 1. The lowest BCUT2D eigenvalue weighted by Crippen LogP contribution is -2.58. The van der Waals surface area contributed by atoms with Gasteiger partial charge in [-0.3, -0.25) is 9.88 Å². The minimum Gasteiger partial charge on any atom is -0.309 e. The highest BCUT2D eigenvalue weighted by molar-refractivity contribution is 5.21. The van der Waals surface area contributed by atoms with Gasteiger partial charge in [-0.05, 0) is 37.5 Å². The van der Waals surface area contributed by atoms with Crippen molar-refractivity contribution in [3.8, 4) is 0 Å². The number of rotatable bonds is 3. The Morgan fingerprint density at radius 1 is 1.53 bits per heavy atom. The molecular formula is C14H23N3. The van der Waals surface area contributed by atoms with Crippen LogP contribution >= 0.6 is 0 Å². The predicted molar refractivity (Wildman–Crippen MR) is 70.9 cm³/mol.